The van der Waals surface area contributed by atoms with Crippen molar-refractivity contribution in [2.24, 2.45) is 0 Å². The fourth-order valence-electron chi connectivity index (χ4n) is 1.55. The van der Waals surface area contributed by atoms with Crippen molar-refractivity contribution < 1.29 is 29.1 Å². The average Bonchev–Trinajstić information content (AvgIpc) is 2.64. The largest absolute Gasteiger partial charge is 0.456 e. The first-order valence-electron chi connectivity index (χ1n) is 5.09. The quantitative estimate of drug-likeness (QED) is 0.551. The first kappa shape index (κ1) is 10.1. The second-order valence-corrected chi connectivity index (χ2v) is 4.74. The van der Waals surface area contributed by atoms with Gasteiger partial charge in [-0.05, 0) is 20.8 Å². The fraction of sp³-hybridized carbons (Fsp3) is 0.364. The molecule has 6 heteroatoms. The molecule has 0 aliphatic carbocycles. The summed E-state index contributed by atoms with van der Waals surface area (Å²) in [6.07, 6.45) is 0. The molecule has 0 aromatic heterocycles. The number of carbonyl (C=O) groups excluding carboxylic acids is 1. The molecule has 90 valence electrons. The van der Waals surface area contributed by atoms with E-state index < -0.39 is 11.6 Å². The normalized spacial score (nSPS) is 14.5. The van der Waals surface area contributed by atoms with Crippen molar-refractivity contribution >= 4 is 5.97 Å². The highest BCUT2D eigenvalue weighted by Crippen LogP contribution is 2.55. The van der Waals surface area contributed by atoms with Gasteiger partial charge in [0.15, 0.2) is 0 Å². The van der Waals surface area contributed by atoms with Crippen molar-refractivity contribution in [1.82, 2.24) is 0 Å². The van der Waals surface area contributed by atoms with Crippen LogP contribution in [-0.4, -0.2) is 11.6 Å². The molecule has 1 aromatic rings. The molecular formula is C11H10O6. The van der Waals surface area contributed by atoms with Gasteiger partial charge in [-0.2, -0.15) is 0 Å². The van der Waals surface area contributed by atoms with Gasteiger partial charge in [-0.3, -0.25) is 19.6 Å². The minimum atomic E-state index is -0.585. The lowest BCUT2D eigenvalue weighted by molar-refractivity contribution is -0.110. The molecule has 0 N–H and O–H groups in total. The van der Waals surface area contributed by atoms with Crippen LogP contribution < -0.4 is 19.6 Å². The zero-order valence-electron chi connectivity index (χ0n) is 9.53. The Bertz CT molecular complexity index is 514. The standard InChI is InChI=1S/C11H10O6/c1-11(2,3)13-10(12)5-4-6-8-9(17-14-6)7(5)15-16-8/h4H,1-3H3. The van der Waals surface area contributed by atoms with Gasteiger partial charge in [-0.15, -0.1) is 0 Å². The van der Waals surface area contributed by atoms with E-state index >= 15 is 0 Å². The maximum absolute atomic E-state index is 11.9. The van der Waals surface area contributed by atoms with E-state index in [0.717, 1.165) is 0 Å². The molecule has 2 heterocycles. The highest BCUT2D eigenvalue weighted by molar-refractivity contribution is 5.96. The Balaban J connectivity index is 2.00. The van der Waals surface area contributed by atoms with Crippen LogP contribution in [0.4, 0.5) is 0 Å². The van der Waals surface area contributed by atoms with Crippen LogP contribution in [0.3, 0.4) is 0 Å². The second kappa shape index (κ2) is 2.97. The number of hydrogen-bond donors (Lipinski definition) is 0. The molecule has 2 aliphatic rings. The molecule has 0 radical (unpaired) electrons. The van der Waals surface area contributed by atoms with Crippen LogP contribution in [0.2, 0.25) is 0 Å². The van der Waals surface area contributed by atoms with Crippen LogP contribution in [0.1, 0.15) is 31.1 Å². The SMILES string of the molecule is CC(C)(C)OC(=O)c1cc2c3c(c1OO3)OO2. The monoisotopic (exact) mass is 238 g/mol. The minimum Gasteiger partial charge on any atom is -0.456 e. The first-order valence-corrected chi connectivity index (χ1v) is 5.09. The number of rotatable bonds is 1. The van der Waals surface area contributed by atoms with E-state index in [0.29, 0.717) is 11.5 Å². The van der Waals surface area contributed by atoms with Crippen molar-refractivity contribution in [3.05, 3.63) is 11.6 Å². The number of ether oxygens (including phenoxy) is 1. The van der Waals surface area contributed by atoms with E-state index in [1.807, 2.05) is 0 Å². The van der Waals surface area contributed by atoms with Gasteiger partial charge in [0.2, 0.25) is 11.5 Å². The van der Waals surface area contributed by atoms with Crippen LogP contribution in [0.5, 0.6) is 23.0 Å². The van der Waals surface area contributed by atoms with Crippen LogP contribution >= 0.6 is 0 Å². The van der Waals surface area contributed by atoms with Gasteiger partial charge in [0, 0.05) is 6.07 Å². The summed E-state index contributed by atoms with van der Waals surface area (Å²) in [6.45, 7) is 5.35. The van der Waals surface area contributed by atoms with Crippen molar-refractivity contribution in [2.45, 2.75) is 26.4 Å². The zero-order chi connectivity index (χ0) is 12.2. The lowest BCUT2D eigenvalue weighted by atomic mass is 10.1. The summed E-state index contributed by atoms with van der Waals surface area (Å²) in [7, 11) is 0. The molecule has 0 atom stereocenters. The summed E-state index contributed by atoms with van der Waals surface area (Å²) in [5.41, 5.74) is -0.360. The second-order valence-electron chi connectivity index (χ2n) is 4.74. The van der Waals surface area contributed by atoms with Crippen molar-refractivity contribution in [2.75, 3.05) is 0 Å². The summed E-state index contributed by atoms with van der Waals surface area (Å²) in [6, 6.07) is 1.47. The summed E-state index contributed by atoms with van der Waals surface area (Å²) in [5, 5.41) is 0. The van der Waals surface area contributed by atoms with Crippen molar-refractivity contribution in [3.8, 4) is 23.0 Å². The Morgan fingerprint density at radius 1 is 1.06 bits per heavy atom. The van der Waals surface area contributed by atoms with Gasteiger partial charge < -0.3 is 4.74 Å². The Morgan fingerprint density at radius 3 is 2.41 bits per heavy atom. The van der Waals surface area contributed by atoms with E-state index in [4.69, 9.17) is 24.3 Å². The summed E-state index contributed by atoms with van der Waals surface area (Å²) < 4.78 is 5.24. The molecule has 6 nitrogen and oxygen atoms in total. The van der Waals surface area contributed by atoms with Gasteiger partial charge in [-0.1, -0.05) is 0 Å². The molecule has 0 saturated carbocycles. The topological polar surface area (TPSA) is 63.2 Å². The third-order valence-electron chi connectivity index (χ3n) is 2.20. The maximum atomic E-state index is 11.9. The molecule has 0 saturated heterocycles. The third kappa shape index (κ3) is 1.44. The number of benzene rings is 1. The molecule has 1 aromatic carbocycles. The molecule has 2 aliphatic heterocycles. The van der Waals surface area contributed by atoms with E-state index in [2.05, 4.69) is 0 Å². The predicted octanol–water partition coefficient (Wildman–Crippen LogP) is 2.01. The molecule has 3 rings (SSSR count). The van der Waals surface area contributed by atoms with Crippen LogP contribution in [-0.2, 0) is 4.74 Å². The van der Waals surface area contributed by atoms with Gasteiger partial charge in [0.25, 0.3) is 11.5 Å². The zero-order valence-corrected chi connectivity index (χ0v) is 9.53. The van der Waals surface area contributed by atoms with Gasteiger partial charge >= 0.3 is 5.97 Å². The van der Waals surface area contributed by atoms with Gasteiger partial charge in [0.05, 0.1) is 0 Å². The highest BCUT2D eigenvalue weighted by Gasteiger charge is 2.41. The maximum Gasteiger partial charge on any atom is 0.342 e. The summed E-state index contributed by atoms with van der Waals surface area (Å²) in [4.78, 5) is 31.4. The average molecular weight is 238 g/mol. The molecule has 0 amide bonds. The Labute approximate surface area is 96.8 Å². The Morgan fingerprint density at radius 2 is 1.71 bits per heavy atom. The Kier molecular flexibility index (Phi) is 1.76. The Hall–Kier alpha value is -2.11. The van der Waals surface area contributed by atoms with Crippen LogP contribution in [0, 0.1) is 0 Å². The first-order chi connectivity index (χ1) is 7.96. The number of carbonyl (C=O) groups is 1. The van der Waals surface area contributed by atoms with Crippen LogP contribution in [0.25, 0.3) is 0 Å². The molecule has 0 fully saturated rings. The van der Waals surface area contributed by atoms with E-state index in [1.165, 1.54) is 6.07 Å². The summed E-state index contributed by atoms with van der Waals surface area (Å²) >= 11 is 0. The molecule has 0 spiro atoms. The minimum absolute atomic E-state index is 0.190. The molecule has 0 unspecified atom stereocenters. The van der Waals surface area contributed by atoms with Crippen LogP contribution in [0.15, 0.2) is 6.07 Å². The fourth-order valence-corrected chi connectivity index (χ4v) is 1.55. The lowest BCUT2D eigenvalue weighted by Crippen LogP contribution is -2.24. The van der Waals surface area contributed by atoms with E-state index in [-0.39, 0.29) is 17.1 Å². The number of hydrogen-bond acceptors (Lipinski definition) is 6. The van der Waals surface area contributed by atoms with E-state index in [9.17, 15) is 4.79 Å². The smallest absolute Gasteiger partial charge is 0.342 e. The lowest BCUT2D eigenvalue weighted by Gasteiger charge is -2.19. The molecular weight excluding hydrogens is 228 g/mol. The number of esters is 1. The van der Waals surface area contributed by atoms with E-state index in [1.54, 1.807) is 20.8 Å². The van der Waals surface area contributed by atoms with Crippen molar-refractivity contribution in [3.63, 3.8) is 0 Å². The molecule has 17 heavy (non-hydrogen) atoms. The summed E-state index contributed by atoms with van der Waals surface area (Å²) in [5.74, 6) is 0.620. The van der Waals surface area contributed by atoms with Gasteiger partial charge in [-0.25, -0.2) is 4.79 Å². The molecule has 4 bridgehead atoms. The highest BCUT2D eigenvalue weighted by atomic mass is 17.3. The third-order valence-corrected chi connectivity index (χ3v) is 2.20. The van der Waals surface area contributed by atoms with Gasteiger partial charge in [0.1, 0.15) is 11.2 Å². The van der Waals surface area contributed by atoms with Crippen molar-refractivity contribution in [1.29, 1.82) is 0 Å². The predicted molar refractivity (Wildman–Crippen MR) is 54.1 cm³/mol.